The first-order valence-corrected chi connectivity index (χ1v) is 12.8. The summed E-state index contributed by atoms with van der Waals surface area (Å²) in [6.07, 6.45) is 2.91. The molecule has 3 amide bonds. The number of hydrazone groups is 1. The quantitative estimate of drug-likeness (QED) is 0.232. The molecule has 2 aromatic carbocycles. The zero-order chi connectivity index (χ0) is 27.5. The zero-order valence-corrected chi connectivity index (χ0v) is 21.5. The molecule has 1 heterocycles. The number of sulfonamides is 1. The molecule has 0 saturated carbocycles. The molecule has 0 unspecified atom stereocenters. The van der Waals surface area contributed by atoms with Crippen molar-refractivity contribution in [1.29, 1.82) is 0 Å². The van der Waals surface area contributed by atoms with Crippen LogP contribution in [0.5, 0.6) is 5.75 Å². The van der Waals surface area contributed by atoms with Gasteiger partial charge in [0.25, 0.3) is 11.8 Å². The van der Waals surface area contributed by atoms with E-state index in [9.17, 15) is 22.8 Å². The molecule has 1 aromatic heterocycles. The third kappa shape index (κ3) is 8.57. The Bertz CT molecular complexity index is 1370. The molecule has 200 valence electrons. The second-order valence-corrected chi connectivity index (χ2v) is 10.0. The number of carbonyl (C=O) groups is 3. The highest BCUT2D eigenvalue weighted by Crippen LogP contribution is 2.17. The molecule has 0 bridgehead atoms. The van der Waals surface area contributed by atoms with Crippen molar-refractivity contribution in [1.82, 2.24) is 15.0 Å². The summed E-state index contributed by atoms with van der Waals surface area (Å²) in [5.74, 6) is -0.110. The minimum atomic E-state index is -3.93. The van der Waals surface area contributed by atoms with E-state index in [0.717, 1.165) is 4.31 Å². The van der Waals surface area contributed by atoms with Gasteiger partial charge in [-0.2, -0.15) is 9.41 Å². The lowest BCUT2D eigenvalue weighted by Crippen LogP contribution is -2.36. The van der Waals surface area contributed by atoms with E-state index in [4.69, 9.17) is 9.15 Å². The van der Waals surface area contributed by atoms with Crippen LogP contribution in [0.3, 0.4) is 0 Å². The highest BCUT2D eigenvalue weighted by Gasteiger charge is 2.22. The first-order chi connectivity index (χ1) is 18.1. The number of nitrogens with one attached hydrogen (secondary N) is 3. The summed E-state index contributed by atoms with van der Waals surface area (Å²) in [5, 5.41) is 9.06. The van der Waals surface area contributed by atoms with Crippen LogP contribution < -0.4 is 20.8 Å². The van der Waals surface area contributed by atoms with Crippen LogP contribution in [0.2, 0.25) is 0 Å². The largest absolute Gasteiger partial charge is 0.484 e. The fourth-order valence-electron chi connectivity index (χ4n) is 3.04. The maximum atomic E-state index is 12.7. The summed E-state index contributed by atoms with van der Waals surface area (Å²) < 4.78 is 36.8. The number of likely N-dealkylation sites (N-methyl/N-ethyl adjacent to an activating group) is 1. The third-order valence-corrected chi connectivity index (χ3v) is 6.76. The lowest BCUT2D eigenvalue weighted by molar-refractivity contribution is -0.123. The van der Waals surface area contributed by atoms with Gasteiger partial charge in [0.05, 0.1) is 30.5 Å². The smallest absolute Gasteiger partial charge is 0.258 e. The summed E-state index contributed by atoms with van der Waals surface area (Å²) in [4.78, 5) is 35.1. The number of nitrogens with zero attached hydrogens (tertiary/aromatic N) is 2. The molecule has 0 aliphatic carbocycles. The summed E-state index contributed by atoms with van der Waals surface area (Å²) in [7, 11) is -2.65. The molecule has 12 nitrogen and oxygen atoms in total. The Balaban J connectivity index is 1.43. The fourth-order valence-corrected chi connectivity index (χ4v) is 4.17. The second kappa shape index (κ2) is 13.2. The Morgan fingerprint density at radius 2 is 1.74 bits per heavy atom. The first kappa shape index (κ1) is 28.1. The molecule has 0 spiro atoms. The van der Waals surface area contributed by atoms with Crippen molar-refractivity contribution in [2.24, 2.45) is 5.10 Å². The van der Waals surface area contributed by atoms with Gasteiger partial charge in [-0.05, 0) is 66.2 Å². The molecule has 0 radical (unpaired) electrons. The Kier molecular flexibility index (Phi) is 9.73. The molecule has 13 heteroatoms. The minimum Gasteiger partial charge on any atom is -0.484 e. The summed E-state index contributed by atoms with van der Waals surface area (Å²) in [6, 6.07) is 15.7. The molecular weight excluding hydrogens is 514 g/mol. The van der Waals surface area contributed by atoms with Crippen LogP contribution in [0, 0.1) is 0 Å². The van der Waals surface area contributed by atoms with Crippen LogP contribution in [-0.2, 0) is 31.0 Å². The summed E-state index contributed by atoms with van der Waals surface area (Å²) >= 11 is 0. The lowest BCUT2D eigenvalue weighted by Gasteiger charge is -2.16. The average Bonchev–Trinajstić information content (AvgIpc) is 3.41. The van der Waals surface area contributed by atoms with Gasteiger partial charge in [-0.1, -0.05) is 0 Å². The molecule has 0 aliphatic heterocycles. The third-order valence-electron chi connectivity index (χ3n) is 4.94. The number of ether oxygens (including phenoxy) is 1. The number of hydrogen-bond acceptors (Lipinski definition) is 8. The van der Waals surface area contributed by atoms with Gasteiger partial charge in [0.15, 0.2) is 6.61 Å². The number of hydrogen-bond donors (Lipinski definition) is 3. The topological polar surface area (TPSA) is 159 Å². The maximum absolute atomic E-state index is 12.7. The summed E-state index contributed by atoms with van der Waals surface area (Å²) in [5.41, 5.74) is 3.38. The highest BCUT2D eigenvalue weighted by molar-refractivity contribution is 7.89. The Morgan fingerprint density at radius 1 is 1.03 bits per heavy atom. The molecule has 0 fully saturated rings. The number of carbonyl (C=O) groups excluding carboxylic acids is 3. The molecule has 0 saturated heterocycles. The molecule has 0 atom stereocenters. The SMILES string of the molecule is CC(=O)Nc1ccc(S(=O)(=O)N(C)CC(=O)N/N=C\c2ccc(OCC(=O)NCc3ccco3)cc2)cc1. The van der Waals surface area contributed by atoms with Gasteiger partial charge >= 0.3 is 0 Å². The lowest BCUT2D eigenvalue weighted by atomic mass is 10.2. The van der Waals surface area contributed by atoms with E-state index in [1.807, 2.05) is 0 Å². The predicted octanol–water partition coefficient (Wildman–Crippen LogP) is 1.70. The first-order valence-electron chi connectivity index (χ1n) is 11.3. The van der Waals surface area contributed by atoms with Gasteiger partial charge in [0.2, 0.25) is 15.9 Å². The predicted molar refractivity (Wildman–Crippen MR) is 139 cm³/mol. The minimum absolute atomic E-state index is 0.0253. The normalized spacial score (nSPS) is 11.3. The number of anilines is 1. The van der Waals surface area contributed by atoms with Crippen LogP contribution in [0.25, 0.3) is 0 Å². The Hall–Kier alpha value is -4.49. The van der Waals surface area contributed by atoms with E-state index in [1.165, 1.54) is 50.7 Å². The van der Waals surface area contributed by atoms with Crippen molar-refractivity contribution in [3.05, 3.63) is 78.3 Å². The molecule has 3 N–H and O–H groups in total. The van der Waals surface area contributed by atoms with Crippen molar-refractivity contribution in [3.63, 3.8) is 0 Å². The van der Waals surface area contributed by atoms with Gasteiger partial charge in [-0.15, -0.1) is 0 Å². The van der Waals surface area contributed by atoms with Gasteiger partial charge in [-0.25, -0.2) is 13.8 Å². The van der Waals surface area contributed by atoms with E-state index in [1.54, 1.807) is 36.4 Å². The van der Waals surface area contributed by atoms with Gasteiger partial charge < -0.3 is 19.8 Å². The van der Waals surface area contributed by atoms with Crippen molar-refractivity contribution >= 4 is 39.6 Å². The molecular formula is C25H27N5O7S. The second-order valence-electron chi connectivity index (χ2n) is 7.97. The van der Waals surface area contributed by atoms with Crippen molar-refractivity contribution in [3.8, 4) is 5.75 Å². The van der Waals surface area contributed by atoms with Crippen molar-refractivity contribution in [2.75, 3.05) is 25.5 Å². The Labute approximate surface area is 219 Å². The fraction of sp³-hybridized carbons (Fsp3) is 0.200. The van der Waals surface area contributed by atoms with Gasteiger partial charge in [0, 0.05) is 19.7 Å². The van der Waals surface area contributed by atoms with E-state index < -0.39 is 22.5 Å². The van der Waals surface area contributed by atoms with Crippen molar-refractivity contribution in [2.45, 2.75) is 18.4 Å². The maximum Gasteiger partial charge on any atom is 0.258 e. The zero-order valence-electron chi connectivity index (χ0n) is 20.7. The van der Waals surface area contributed by atoms with Gasteiger partial charge in [0.1, 0.15) is 11.5 Å². The number of furan rings is 1. The standard InChI is InChI=1S/C25H27N5O7S/c1-18(31)28-20-7-11-23(12-8-20)38(34,35)30(2)16-24(32)29-27-14-19-5-9-21(10-6-19)37-17-25(33)26-15-22-4-3-13-36-22/h3-14H,15-17H2,1-2H3,(H,26,33)(H,28,31)(H,29,32)/b27-14-. The van der Waals surface area contributed by atoms with Crippen LogP contribution >= 0.6 is 0 Å². The molecule has 0 aliphatic rings. The van der Waals surface area contributed by atoms with E-state index in [2.05, 4.69) is 21.2 Å². The van der Waals surface area contributed by atoms with Crippen LogP contribution in [-0.4, -0.2) is 56.9 Å². The summed E-state index contributed by atoms with van der Waals surface area (Å²) in [6.45, 7) is 0.991. The van der Waals surface area contributed by atoms with E-state index in [0.29, 0.717) is 22.8 Å². The molecule has 3 rings (SSSR count). The Morgan fingerprint density at radius 3 is 2.37 bits per heavy atom. The van der Waals surface area contributed by atoms with Crippen LogP contribution in [0.15, 0.2) is 81.3 Å². The molecule has 38 heavy (non-hydrogen) atoms. The number of benzene rings is 2. The van der Waals surface area contributed by atoms with Crippen molar-refractivity contribution < 1.29 is 32.0 Å². The molecule has 3 aromatic rings. The van der Waals surface area contributed by atoms with E-state index in [-0.39, 0.29) is 29.9 Å². The number of rotatable bonds is 12. The number of amides is 3. The van der Waals surface area contributed by atoms with Gasteiger partial charge in [-0.3, -0.25) is 14.4 Å². The highest BCUT2D eigenvalue weighted by atomic mass is 32.2. The van der Waals surface area contributed by atoms with E-state index >= 15 is 0 Å². The average molecular weight is 542 g/mol. The van der Waals surface area contributed by atoms with Crippen LogP contribution in [0.1, 0.15) is 18.2 Å². The van der Waals surface area contributed by atoms with Crippen LogP contribution in [0.4, 0.5) is 5.69 Å². The monoisotopic (exact) mass is 541 g/mol.